The summed E-state index contributed by atoms with van der Waals surface area (Å²) >= 11 is 0. The van der Waals surface area contributed by atoms with Crippen LogP contribution in [0.3, 0.4) is 0 Å². The molecule has 0 aliphatic rings. The fraction of sp³-hybridized carbons (Fsp3) is 0.500. The Bertz CT molecular complexity index is 310. The van der Waals surface area contributed by atoms with E-state index in [1.165, 1.54) is 0 Å². The van der Waals surface area contributed by atoms with Crippen LogP contribution in [0.4, 0.5) is 4.39 Å². The quantitative estimate of drug-likeness (QED) is 0.812. The molecular formula is C12H18FNO. The van der Waals surface area contributed by atoms with Gasteiger partial charge in [-0.1, -0.05) is 25.1 Å². The van der Waals surface area contributed by atoms with E-state index in [0.29, 0.717) is 24.3 Å². The van der Waals surface area contributed by atoms with Crippen molar-refractivity contribution in [2.45, 2.75) is 25.9 Å². The molecule has 0 aromatic heterocycles. The molecular weight excluding hydrogens is 193 g/mol. The second-order valence-electron chi connectivity index (χ2n) is 3.45. The summed E-state index contributed by atoms with van der Waals surface area (Å²) in [7, 11) is 0. The maximum absolute atomic E-state index is 14.4. The SMILES string of the molecule is CCOc1ccccc1C(F)(CC)CN. The minimum absolute atomic E-state index is 0.0203. The minimum Gasteiger partial charge on any atom is -0.493 e. The monoisotopic (exact) mass is 211 g/mol. The molecule has 0 bridgehead atoms. The average molecular weight is 211 g/mol. The highest BCUT2D eigenvalue weighted by Gasteiger charge is 2.31. The summed E-state index contributed by atoms with van der Waals surface area (Å²) in [4.78, 5) is 0. The number of hydrogen-bond donors (Lipinski definition) is 1. The molecule has 1 rings (SSSR count). The zero-order chi connectivity index (χ0) is 11.3. The van der Waals surface area contributed by atoms with E-state index in [0.717, 1.165) is 0 Å². The van der Waals surface area contributed by atoms with Gasteiger partial charge in [-0.3, -0.25) is 0 Å². The molecule has 0 heterocycles. The molecule has 2 nitrogen and oxygen atoms in total. The van der Waals surface area contributed by atoms with E-state index in [1.807, 2.05) is 13.0 Å². The minimum atomic E-state index is -1.48. The summed E-state index contributed by atoms with van der Waals surface area (Å²) in [6.45, 7) is 4.18. The molecule has 15 heavy (non-hydrogen) atoms. The topological polar surface area (TPSA) is 35.2 Å². The summed E-state index contributed by atoms with van der Waals surface area (Å²) in [5.74, 6) is 0.592. The number of alkyl halides is 1. The number of halogens is 1. The molecule has 2 N–H and O–H groups in total. The van der Waals surface area contributed by atoms with E-state index in [4.69, 9.17) is 10.5 Å². The molecule has 0 amide bonds. The van der Waals surface area contributed by atoms with Crippen LogP contribution < -0.4 is 10.5 Å². The molecule has 0 spiro atoms. The highest BCUT2D eigenvalue weighted by molar-refractivity contribution is 5.38. The molecule has 1 atom stereocenters. The maximum Gasteiger partial charge on any atom is 0.151 e. The van der Waals surface area contributed by atoms with Crippen molar-refractivity contribution in [3.63, 3.8) is 0 Å². The molecule has 0 radical (unpaired) electrons. The Morgan fingerprint density at radius 2 is 2.00 bits per heavy atom. The number of nitrogens with two attached hydrogens (primary N) is 1. The highest BCUT2D eigenvalue weighted by Crippen LogP contribution is 2.35. The van der Waals surface area contributed by atoms with Crippen molar-refractivity contribution < 1.29 is 9.13 Å². The lowest BCUT2D eigenvalue weighted by Gasteiger charge is -2.24. The van der Waals surface area contributed by atoms with Gasteiger partial charge in [-0.25, -0.2) is 4.39 Å². The first-order valence-corrected chi connectivity index (χ1v) is 5.29. The number of ether oxygens (including phenoxy) is 1. The zero-order valence-corrected chi connectivity index (χ0v) is 9.29. The summed E-state index contributed by atoms with van der Waals surface area (Å²) in [5, 5.41) is 0. The Kier molecular flexibility index (Phi) is 4.09. The molecule has 3 heteroatoms. The van der Waals surface area contributed by atoms with Gasteiger partial charge in [-0.15, -0.1) is 0 Å². The van der Waals surface area contributed by atoms with Crippen LogP contribution in [-0.4, -0.2) is 13.2 Å². The predicted molar refractivity (Wildman–Crippen MR) is 59.7 cm³/mol. The third kappa shape index (κ3) is 2.48. The van der Waals surface area contributed by atoms with Gasteiger partial charge >= 0.3 is 0 Å². The highest BCUT2D eigenvalue weighted by atomic mass is 19.1. The van der Waals surface area contributed by atoms with Gasteiger partial charge < -0.3 is 10.5 Å². The van der Waals surface area contributed by atoms with Crippen LogP contribution in [0.2, 0.25) is 0 Å². The number of benzene rings is 1. The van der Waals surface area contributed by atoms with Gasteiger partial charge in [0.2, 0.25) is 0 Å². The number of hydrogen-bond acceptors (Lipinski definition) is 2. The van der Waals surface area contributed by atoms with Crippen molar-refractivity contribution in [2.75, 3.05) is 13.2 Å². The van der Waals surface area contributed by atoms with Crippen molar-refractivity contribution in [3.8, 4) is 5.75 Å². The van der Waals surface area contributed by atoms with Gasteiger partial charge in [0.15, 0.2) is 5.67 Å². The molecule has 0 saturated carbocycles. The molecule has 1 aromatic carbocycles. The van der Waals surface area contributed by atoms with Crippen molar-refractivity contribution in [1.82, 2.24) is 0 Å². The Morgan fingerprint density at radius 1 is 1.33 bits per heavy atom. The van der Waals surface area contributed by atoms with Gasteiger partial charge in [0.25, 0.3) is 0 Å². The third-order valence-corrected chi connectivity index (χ3v) is 2.55. The first-order chi connectivity index (χ1) is 7.18. The van der Waals surface area contributed by atoms with E-state index in [1.54, 1.807) is 25.1 Å². The molecule has 1 aromatic rings. The van der Waals surface area contributed by atoms with Crippen LogP contribution in [0, 0.1) is 0 Å². The van der Waals surface area contributed by atoms with E-state index in [-0.39, 0.29) is 6.54 Å². The lowest BCUT2D eigenvalue weighted by Crippen LogP contribution is -2.30. The van der Waals surface area contributed by atoms with Crippen LogP contribution in [0.25, 0.3) is 0 Å². The second-order valence-corrected chi connectivity index (χ2v) is 3.45. The maximum atomic E-state index is 14.4. The molecule has 0 saturated heterocycles. The molecule has 84 valence electrons. The Morgan fingerprint density at radius 3 is 2.53 bits per heavy atom. The van der Waals surface area contributed by atoms with E-state index in [9.17, 15) is 4.39 Å². The van der Waals surface area contributed by atoms with Crippen LogP contribution in [0.1, 0.15) is 25.8 Å². The van der Waals surface area contributed by atoms with E-state index in [2.05, 4.69) is 0 Å². The van der Waals surface area contributed by atoms with Gasteiger partial charge in [-0.05, 0) is 19.4 Å². The Labute approximate surface area is 90.2 Å². The number of rotatable bonds is 5. The first-order valence-electron chi connectivity index (χ1n) is 5.29. The van der Waals surface area contributed by atoms with E-state index >= 15 is 0 Å². The van der Waals surface area contributed by atoms with Crippen molar-refractivity contribution >= 4 is 0 Å². The first kappa shape index (κ1) is 12.0. The molecule has 0 fully saturated rings. The third-order valence-electron chi connectivity index (χ3n) is 2.55. The summed E-state index contributed by atoms with van der Waals surface area (Å²) < 4.78 is 19.8. The van der Waals surface area contributed by atoms with Crippen LogP contribution in [0.15, 0.2) is 24.3 Å². The summed E-state index contributed by atoms with van der Waals surface area (Å²) in [6, 6.07) is 7.15. The lowest BCUT2D eigenvalue weighted by atomic mass is 9.92. The predicted octanol–water partition coefficient (Wildman–Crippen LogP) is 2.62. The van der Waals surface area contributed by atoms with Crippen molar-refractivity contribution in [1.29, 1.82) is 0 Å². The normalized spacial score (nSPS) is 14.7. The summed E-state index contributed by atoms with van der Waals surface area (Å²) in [6.07, 6.45) is 0.355. The van der Waals surface area contributed by atoms with Crippen LogP contribution in [-0.2, 0) is 5.67 Å². The average Bonchev–Trinajstić information content (AvgIpc) is 2.29. The largest absolute Gasteiger partial charge is 0.493 e. The summed E-state index contributed by atoms with van der Waals surface area (Å²) in [5.41, 5.74) is 4.56. The van der Waals surface area contributed by atoms with Crippen molar-refractivity contribution in [3.05, 3.63) is 29.8 Å². The molecule has 0 aliphatic carbocycles. The standard InChI is InChI=1S/C12H18FNO/c1-3-12(13,9-14)10-7-5-6-8-11(10)15-4-2/h5-8H,3-4,9,14H2,1-2H3. The lowest BCUT2D eigenvalue weighted by molar-refractivity contribution is 0.161. The van der Waals surface area contributed by atoms with Crippen molar-refractivity contribution in [2.24, 2.45) is 5.73 Å². The van der Waals surface area contributed by atoms with E-state index < -0.39 is 5.67 Å². The fourth-order valence-corrected chi connectivity index (χ4v) is 1.56. The van der Waals surface area contributed by atoms with Gasteiger partial charge in [0.05, 0.1) is 6.61 Å². The Hall–Kier alpha value is -1.09. The second kappa shape index (κ2) is 5.12. The smallest absolute Gasteiger partial charge is 0.151 e. The van der Waals surface area contributed by atoms with Gasteiger partial charge in [0.1, 0.15) is 5.75 Å². The molecule has 0 aliphatic heterocycles. The Balaban J connectivity index is 3.10. The molecule has 1 unspecified atom stereocenters. The fourth-order valence-electron chi connectivity index (χ4n) is 1.56. The number of para-hydroxylation sites is 1. The van der Waals surface area contributed by atoms with Gasteiger partial charge in [0, 0.05) is 12.1 Å². The van der Waals surface area contributed by atoms with Crippen LogP contribution in [0.5, 0.6) is 5.75 Å². The van der Waals surface area contributed by atoms with Crippen LogP contribution >= 0.6 is 0 Å². The zero-order valence-electron chi connectivity index (χ0n) is 9.29. The van der Waals surface area contributed by atoms with Gasteiger partial charge in [-0.2, -0.15) is 0 Å².